The minimum absolute atomic E-state index is 0.105. The first-order valence-corrected chi connectivity index (χ1v) is 13.5. The van der Waals surface area contributed by atoms with E-state index in [0.717, 1.165) is 46.2 Å². The number of thioether (sulfide) groups is 1. The van der Waals surface area contributed by atoms with Crippen molar-refractivity contribution in [1.29, 1.82) is 0 Å². The minimum atomic E-state index is -4.36. The molecule has 36 heavy (non-hydrogen) atoms. The molecule has 2 unspecified atom stereocenters. The first kappa shape index (κ1) is 27.9. The molecule has 0 saturated carbocycles. The van der Waals surface area contributed by atoms with Crippen LogP contribution in [0.15, 0.2) is 52.3 Å². The summed E-state index contributed by atoms with van der Waals surface area (Å²) >= 11 is 3.00. The topological polar surface area (TPSA) is 63.5 Å². The van der Waals surface area contributed by atoms with Crippen LogP contribution in [0.2, 0.25) is 0 Å². The molecule has 6 nitrogen and oxygen atoms in total. The molecule has 0 radical (unpaired) electrons. The zero-order chi connectivity index (χ0) is 26.5. The Bertz CT molecular complexity index is 1220. The van der Waals surface area contributed by atoms with Gasteiger partial charge in [0.05, 0.1) is 10.7 Å². The van der Waals surface area contributed by atoms with E-state index in [4.69, 9.17) is 9.72 Å². The van der Waals surface area contributed by atoms with E-state index in [1.807, 2.05) is 55.6 Å². The summed E-state index contributed by atoms with van der Waals surface area (Å²) in [6, 6.07) is 7.84. The third-order valence-corrected chi connectivity index (χ3v) is 7.45. The highest BCUT2D eigenvalue weighted by Gasteiger charge is 2.29. The Hall–Kier alpha value is -2.66. The average Bonchev–Trinajstić information content (AvgIpc) is 3.26. The Morgan fingerprint density at radius 3 is 2.58 bits per heavy atom. The van der Waals surface area contributed by atoms with Crippen LogP contribution in [0.1, 0.15) is 34.1 Å². The van der Waals surface area contributed by atoms with Gasteiger partial charge in [0.2, 0.25) is 0 Å². The highest BCUT2D eigenvalue weighted by Crippen LogP contribution is 2.31. The van der Waals surface area contributed by atoms with Crippen molar-refractivity contribution < 1.29 is 17.9 Å². The molecule has 0 aromatic carbocycles. The van der Waals surface area contributed by atoms with Gasteiger partial charge in [0.1, 0.15) is 22.3 Å². The summed E-state index contributed by atoms with van der Waals surface area (Å²) in [7, 11) is 1.81. The number of hydrogen-bond donors (Lipinski definition) is 0. The molecule has 0 aliphatic rings. The number of nitrogens with zero attached hydrogens (tertiary/aromatic N) is 5. The quantitative estimate of drug-likeness (QED) is 0.165. The molecule has 0 bridgehead atoms. The maximum Gasteiger partial charge on any atom is 0.413 e. The minimum Gasteiger partial charge on any atom is -0.467 e. The number of aliphatic imine (C=N–C) groups is 1. The van der Waals surface area contributed by atoms with Crippen LogP contribution in [0, 0.1) is 5.92 Å². The first-order valence-electron chi connectivity index (χ1n) is 11.4. The SMILES string of the molecule is CSc1ccc(-c2ccc3nc(OC(C)C(C)CCN(C)/C(C)=N/C=C(\C)C(F)(F)F)sc3n2)cn1. The van der Waals surface area contributed by atoms with E-state index < -0.39 is 11.7 Å². The maximum atomic E-state index is 12.6. The van der Waals surface area contributed by atoms with Crippen LogP contribution in [-0.4, -0.2) is 57.8 Å². The monoisotopic (exact) mass is 537 g/mol. The molecule has 11 heteroatoms. The number of fused-ring (bicyclic) bond motifs is 1. The Balaban J connectivity index is 1.58. The van der Waals surface area contributed by atoms with Gasteiger partial charge in [-0.05, 0) is 63.6 Å². The number of thiazole rings is 1. The number of halogens is 3. The van der Waals surface area contributed by atoms with Crippen LogP contribution in [0.5, 0.6) is 5.19 Å². The molecule has 194 valence electrons. The van der Waals surface area contributed by atoms with E-state index in [-0.39, 0.29) is 12.0 Å². The van der Waals surface area contributed by atoms with Gasteiger partial charge in [0.15, 0.2) is 0 Å². The molecule has 0 aliphatic carbocycles. The fraction of sp³-hybridized carbons (Fsp3) is 0.440. The van der Waals surface area contributed by atoms with Gasteiger partial charge < -0.3 is 9.64 Å². The molecule has 3 heterocycles. The highest BCUT2D eigenvalue weighted by atomic mass is 32.2. The van der Waals surface area contributed by atoms with E-state index in [0.29, 0.717) is 17.6 Å². The van der Waals surface area contributed by atoms with E-state index >= 15 is 0 Å². The summed E-state index contributed by atoms with van der Waals surface area (Å²) < 4.78 is 44.0. The van der Waals surface area contributed by atoms with Gasteiger partial charge in [0, 0.05) is 37.1 Å². The van der Waals surface area contributed by atoms with Crippen LogP contribution in [0.3, 0.4) is 0 Å². The molecule has 3 aromatic rings. The molecule has 0 amide bonds. The number of ether oxygens (including phenoxy) is 1. The first-order chi connectivity index (χ1) is 17.0. The smallest absolute Gasteiger partial charge is 0.413 e. The molecule has 2 atom stereocenters. The molecule has 0 spiro atoms. The standard InChI is InChI=1S/C25H30F3N5OS2/c1-15(11-12-33(5)18(4)29-13-16(2)25(26,27)28)17(3)34-24-32-21-9-8-20(31-23(21)36-24)19-7-10-22(35-6)30-14-19/h7-10,13-15,17H,11-12H2,1-6H3/b16-13+,29-18+. The van der Waals surface area contributed by atoms with E-state index in [9.17, 15) is 13.2 Å². The molecule has 0 saturated heterocycles. The van der Waals surface area contributed by atoms with Gasteiger partial charge in [-0.15, -0.1) is 11.8 Å². The second-order valence-corrected chi connectivity index (χ2v) is 10.4. The lowest BCUT2D eigenvalue weighted by Crippen LogP contribution is -2.29. The second kappa shape index (κ2) is 12.1. The zero-order valence-corrected chi connectivity index (χ0v) is 22.8. The van der Waals surface area contributed by atoms with E-state index in [1.165, 1.54) is 11.3 Å². The predicted molar refractivity (Wildman–Crippen MR) is 142 cm³/mol. The van der Waals surface area contributed by atoms with Gasteiger partial charge in [-0.3, -0.25) is 0 Å². The number of rotatable bonds is 9. The summed E-state index contributed by atoms with van der Waals surface area (Å²) in [4.78, 5) is 20.3. The van der Waals surface area contributed by atoms with Crippen molar-refractivity contribution in [2.45, 2.75) is 51.4 Å². The number of hydrogen-bond acceptors (Lipinski definition) is 7. The van der Waals surface area contributed by atoms with Gasteiger partial charge in [0.25, 0.3) is 5.19 Å². The fourth-order valence-electron chi connectivity index (χ4n) is 3.09. The van der Waals surface area contributed by atoms with Gasteiger partial charge >= 0.3 is 6.18 Å². The lowest BCUT2D eigenvalue weighted by molar-refractivity contribution is -0.0914. The Labute approximate surface area is 217 Å². The van der Waals surface area contributed by atoms with Crippen molar-refractivity contribution in [1.82, 2.24) is 19.9 Å². The average molecular weight is 538 g/mol. The van der Waals surface area contributed by atoms with Crippen molar-refractivity contribution in [3.05, 3.63) is 42.2 Å². The second-order valence-electron chi connectivity index (χ2n) is 8.59. The third-order valence-electron chi connectivity index (χ3n) is 5.93. The molecular weight excluding hydrogens is 507 g/mol. The van der Waals surface area contributed by atoms with Crippen molar-refractivity contribution in [3.63, 3.8) is 0 Å². The molecule has 0 N–H and O–H groups in total. The van der Waals surface area contributed by atoms with E-state index in [1.54, 1.807) is 18.7 Å². The van der Waals surface area contributed by atoms with Gasteiger partial charge in [-0.2, -0.15) is 13.2 Å². The lowest BCUT2D eigenvalue weighted by atomic mass is 10.0. The Kier molecular flexibility index (Phi) is 9.35. The molecule has 3 aromatic heterocycles. The van der Waals surface area contributed by atoms with Crippen LogP contribution < -0.4 is 4.74 Å². The highest BCUT2D eigenvalue weighted by molar-refractivity contribution is 7.98. The third kappa shape index (κ3) is 7.42. The summed E-state index contributed by atoms with van der Waals surface area (Å²) in [5, 5.41) is 1.52. The number of allylic oxidation sites excluding steroid dienone is 1. The number of pyridine rings is 2. The van der Waals surface area contributed by atoms with Crippen molar-refractivity contribution in [2.75, 3.05) is 19.8 Å². The van der Waals surface area contributed by atoms with Crippen LogP contribution in [0.25, 0.3) is 21.6 Å². The Morgan fingerprint density at radius 2 is 1.94 bits per heavy atom. The van der Waals surface area contributed by atoms with Crippen LogP contribution in [0.4, 0.5) is 13.2 Å². The normalized spacial score (nSPS) is 14.7. The number of alkyl halides is 3. The summed E-state index contributed by atoms with van der Waals surface area (Å²) in [5.41, 5.74) is 1.83. The van der Waals surface area contributed by atoms with Crippen molar-refractivity contribution in [3.8, 4) is 16.5 Å². The number of amidine groups is 1. The largest absolute Gasteiger partial charge is 0.467 e. The molecule has 0 fully saturated rings. The summed E-state index contributed by atoms with van der Waals surface area (Å²) in [6.45, 7) is 7.41. The van der Waals surface area contributed by atoms with Gasteiger partial charge in [-0.25, -0.2) is 19.9 Å². The van der Waals surface area contributed by atoms with Gasteiger partial charge in [-0.1, -0.05) is 18.3 Å². The summed E-state index contributed by atoms with van der Waals surface area (Å²) in [6.07, 6.45) is 0.980. The van der Waals surface area contributed by atoms with Crippen molar-refractivity contribution >= 4 is 39.3 Å². The zero-order valence-electron chi connectivity index (χ0n) is 21.1. The molecular formula is C25H30F3N5OS2. The van der Waals surface area contributed by atoms with Crippen LogP contribution in [-0.2, 0) is 0 Å². The maximum absolute atomic E-state index is 12.6. The predicted octanol–water partition coefficient (Wildman–Crippen LogP) is 7.09. The van der Waals surface area contributed by atoms with Crippen LogP contribution >= 0.6 is 23.1 Å². The number of aromatic nitrogens is 3. The van der Waals surface area contributed by atoms with Crippen molar-refractivity contribution in [2.24, 2.45) is 10.9 Å². The molecule has 0 aliphatic heterocycles. The van der Waals surface area contributed by atoms with E-state index in [2.05, 4.69) is 21.9 Å². The lowest BCUT2D eigenvalue weighted by Gasteiger charge is -2.24. The Morgan fingerprint density at radius 1 is 1.19 bits per heavy atom. The molecule has 3 rings (SSSR count). The fourth-order valence-corrected chi connectivity index (χ4v) is 4.33. The summed E-state index contributed by atoms with van der Waals surface area (Å²) in [5.74, 6) is 0.704.